The fourth-order valence-electron chi connectivity index (χ4n) is 3.66. The molecule has 1 atom stereocenters. The van der Waals surface area contributed by atoms with Crippen molar-refractivity contribution in [1.29, 1.82) is 0 Å². The molecule has 0 radical (unpaired) electrons. The molecule has 2 fully saturated rings. The second-order valence-electron chi connectivity index (χ2n) is 7.12. The molecule has 4 nitrogen and oxygen atoms in total. The van der Waals surface area contributed by atoms with Gasteiger partial charge in [-0.25, -0.2) is 0 Å². The van der Waals surface area contributed by atoms with E-state index in [1.54, 1.807) is 0 Å². The maximum Gasteiger partial charge on any atom is 0.191 e. The molecule has 1 aromatic carbocycles. The molecule has 2 N–H and O–H groups in total. The number of rotatable bonds is 4. The van der Waals surface area contributed by atoms with Crippen molar-refractivity contribution >= 4 is 5.96 Å². The standard InChI is InChI=1S/C19H30N4/c1-16-9-12-22(13-10-16)19(20)21-14-18-8-5-11-23(18)15-17-6-3-2-4-7-17/h2-4,6-7,16,18H,5,8-15H2,1H3,(H2,20,21). The van der Waals surface area contributed by atoms with Crippen LogP contribution in [0.1, 0.15) is 38.2 Å². The molecule has 2 saturated heterocycles. The highest BCUT2D eigenvalue weighted by Crippen LogP contribution is 2.21. The average Bonchev–Trinajstić information content (AvgIpc) is 3.01. The molecule has 2 aliphatic rings. The average molecular weight is 314 g/mol. The van der Waals surface area contributed by atoms with Crippen molar-refractivity contribution in [2.75, 3.05) is 26.2 Å². The molecule has 0 aromatic heterocycles. The minimum absolute atomic E-state index is 0.539. The van der Waals surface area contributed by atoms with E-state index in [0.717, 1.165) is 38.1 Å². The first-order chi connectivity index (χ1) is 11.2. The quantitative estimate of drug-likeness (QED) is 0.686. The van der Waals surface area contributed by atoms with Crippen LogP contribution in [-0.4, -0.2) is 48.0 Å². The zero-order chi connectivity index (χ0) is 16.1. The van der Waals surface area contributed by atoms with E-state index in [1.165, 1.54) is 37.8 Å². The number of nitrogens with two attached hydrogens (primary N) is 1. The second kappa shape index (κ2) is 7.82. The molecule has 4 heteroatoms. The number of benzene rings is 1. The Morgan fingerprint density at radius 1 is 1.13 bits per heavy atom. The smallest absolute Gasteiger partial charge is 0.191 e. The van der Waals surface area contributed by atoms with Crippen LogP contribution in [0.25, 0.3) is 0 Å². The molecular weight excluding hydrogens is 284 g/mol. The summed E-state index contributed by atoms with van der Waals surface area (Å²) in [5, 5.41) is 0. The molecule has 3 rings (SSSR count). The molecule has 0 amide bonds. The summed E-state index contributed by atoms with van der Waals surface area (Å²) >= 11 is 0. The van der Waals surface area contributed by atoms with Crippen molar-refractivity contribution < 1.29 is 0 Å². The lowest BCUT2D eigenvalue weighted by Crippen LogP contribution is -2.43. The molecular formula is C19H30N4. The summed E-state index contributed by atoms with van der Waals surface area (Å²) in [5.74, 6) is 1.58. The van der Waals surface area contributed by atoms with Crippen molar-refractivity contribution in [2.24, 2.45) is 16.6 Å². The highest BCUT2D eigenvalue weighted by molar-refractivity contribution is 5.78. The van der Waals surface area contributed by atoms with Gasteiger partial charge in [0.25, 0.3) is 0 Å². The van der Waals surface area contributed by atoms with Crippen LogP contribution in [0, 0.1) is 5.92 Å². The maximum atomic E-state index is 6.23. The minimum Gasteiger partial charge on any atom is -0.370 e. The van der Waals surface area contributed by atoms with Gasteiger partial charge in [0.05, 0.1) is 6.54 Å². The van der Waals surface area contributed by atoms with Crippen LogP contribution in [0.3, 0.4) is 0 Å². The third-order valence-electron chi connectivity index (χ3n) is 5.30. The Kier molecular flexibility index (Phi) is 5.55. The van der Waals surface area contributed by atoms with Crippen molar-refractivity contribution in [1.82, 2.24) is 9.80 Å². The summed E-state index contributed by atoms with van der Waals surface area (Å²) < 4.78 is 0. The van der Waals surface area contributed by atoms with E-state index < -0.39 is 0 Å². The van der Waals surface area contributed by atoms with Gasteiger partial charge in [-0.05, 0) is 43.7 Å². The van der Waals surface area contributed by atoms with Crippen LogP contribution in [0.4, 0.5) is 0 Å². The second-order valence-corrected chi connectivity index (χ2v) is 7.12. The Balaban J connectivity index is 1.53. The van der Waals surface area contributed by atoms with E-state index in [4.69, 9.17) is 10.7 Å². The molecule has 0 spiro atoms. The summed E-state index contributed by atoms with van der Waals surface area (Å²) in [7, 11) is 0. The third kappa shape index (κ3) is 4.47. The first kappa shape index (κ1) is 16.3. The van der Waals surface area contributed by atoms with Crippen LogP contribution in [0.5, 0.6) is 0 Å². The number of aliphatic imine (C=N–C) groups is 1. The van der Waals surface area contributed by atoms with E-state index in [0.29, 0.717) is 6.04 Å². The highest BCUT2D eigenvalue weighted by atomic mass is 15.3. The van der Waals surface area contributed by atoms with Crippen LogP contribution in [-0.2, 0) is 6.54 Å². The molecule has 126 valence electrons. The zero-order valence-corrected chi connectivity index (χ0v) is 14.3. The SMILES string of the molecule is CC1CCN(C(N)=NCC2CCCN2Cc2ccccc2)CC1. The highest BCUT2D eigenvalue weighted by Gasteiger charge is 2.24. The van der Waals surface area contributed by atoms with Gasteiger partial charge in [0.2, 0.25) is 0 Å². The molecule has 0 aliphatic carbocycles. The molecule has 1 aromatic rings. The van der Waals surface area contributed by atoms with Crippen LogP contribution >= 0.6 is 0 Å². The van der Waals surface area contributed by atoms with E-state index in [-0.39, 0.29) is 0 Å². The van der Waals surface area contributed by atoms with Gasteiger partial charge in [-0.2, -0.15) is 0 Å². The first-order valence-corrected chi connectivity index (χ1v) is 9.05. The topological polar surface area (TPSA) is 44.9 Å². The Bertz CT molecular complexity index is 505. The Hall–Kier alpha value is -1.55. The molecule has 0 bridgehead atoms. The van der Waals surface area contributed by atoms with Gasteiger partial charge in [-0.15, -0.1) is 0 Å². The molecule has 2 heterocycles. The van der Waals surface area contributed by atoms with Crippen molar-refractivity contribution in [3.63, 3.8) is 0 Å². The van der Waals surface area contributed by atoms with Gasteiger partial charge in [0, 0.05) is 25.7 Å². The van der Waals surface area contributed by atoms with Crippen molar-refractivity contribution in [2.45, 2.75) is 45.2 Å². The fraction of sp³-hybridized carbons (Fsp3) is 0.632. The molecule has 0 saturated carbocycles. The largest absolute Gasteiger partial charge is 0.370 e. The van der Waals surface area contributed by atoms with E-state index >= 15 is 0 Å². The number of nitrogens with zero attached hydrogens (tertiary/aromatic N) is 3. The fourth-order valence-corrected chi connectivity index (χ4v) is 3.66. The Morgan fingerprint density at radius 2 is 1.87 bits per heavy atom. The maximum absolute atomic E-state index is 6.23. The minimum atomic E-state index is 0.539. The van der Waals surface area contributed by atoms with Crippen LogP contribution in [0.2, 0.25) is 0 Å². The van der Waals surface area contributed by atoms with Gasteiger partial charge in [-0.1, -0.05) is 37.3 Å². The number of likely N-dealkylation sites (tertiary alicyclic amines) is 2. The predicted molar refractivity (Wildman–Crippen MR) is 96.3 cm³/mol. The van der Waals surface area contributed by atoms with Gasteiger partial charge >= 0.3 is 0 Å². The first-order valence-electron chi connectivity index (χ1n) is 9.05. The van der Waals surface area contributed by atoms with E-state index in [1.807, 2.05) is 0 Å². The summed E-state index contributed by atoms with van der Waals surface area (Å²) in [5.41, 5.74) is 7.62. The lowest BCUT2D eigenvalue weighted by atomic mass is 10.00. The molecule has 1 unspecified atom stereocenters. The van der Waals surface area contributed by atoms with Crippen LogP contribution in [0.15, 0.2) is 35.3 Å². The summed E-state index contributed by atoms with van der Waals surface area (Å²) in [6, 6.07) is 11.3. The Labute approximate surface area is 140 Å². The summed E-state index contributed by atoms with van der Waals surface area (Å²) in [6.07, 6.45) is 4.98. The molecule has 23 heavy (non-hydrogen) atoms. The number of guanidine groups is 1. The number of piperidine rings is 1. The normalized spacial score (nSPS) is 24.3. The Morgan fingerprint density at radius 3 is 2.61 bits per heavy atom. The van der Waals surface area contributed by atoms with Gasteiger partial charge in [0.1, 0.15) is 0 Å². The lowest BCUT2D eigenvalue weighted by Gasteiger charge is -2.31. The van der Waals surface area contributed by atoms with Gasteiger partial charge in [-0.3, -0.25) is 9.89 Å². The van der Waals surface area contributed by atoms with Crippen molar-refractivity contribution in [3.05, 3.63) is 35.9 Å². The number of hydrogen-bond acceptors (Lipinski definition) is 2. The van der Waals surface area contributed by atoms with Gasteiger partial charge < -0.3 is 10.6 Å². The predicted octanol–water partition coefficient (Wildman–Crippen LogP) is 2.70. The van der Waals surface area contributed by atoms with E-state index in [9.17, 15) is 0 Å². The monoisotopic (exact) mass is 314 g/mol. The summed E-state index contributed by atoms with van der Waals surface area (Å²) in [4.78, 5) is 9.55. The zero-order valence-electron chi connectivity index (χ0n) is 14.3. The lowest BCUT2D eigenvalue weighted by molar-refractivity contribution is 0.248. The van der Waals surface area contributed by atoms with Crippen LogP contribution < -0.4 is 5.73 Å². The van der Waals surface area contributed by atoms with Crippen molar-refractivity contribution in [3.8, 4) is 0 Å². The third-order valence-corrected chi connectivity index (χ3v) is 5.30. The molecule has 2 aliphatic heterocycles. The van der Waals surface area contributed by atoms with E-state index in [2.05, 4.69) is 47.1 Å². The summed E-state index contributed by atoms with van der Waals surface area (Å²) in [6.45, 7) is 7.50. The number of hydrogen-bond donors (Lipinski definition) is 1. The van der Waals surface area contributed by atoms with Gasteiger partial charge in [0.15, 0.2) is 5.96 Å².